The smallest absolute Gasteiger partial charge is 0.200 e. The van der Waals surface area contributed by atoms with Crippen molar-refractivity contribution >= 4 is 0 Å². The SMILES string of the molecule is COC(OC)c1ccc(-c2ccc(C3OCCO3)cc2)cn1. The third-order valence-electron chi connectivity index (χ3n) is 3.59. The molecule has 5 heteroatoms. The summed E-state index contributed by atoms with van der Waals surface area (Å²) in [5, 5.41) is 0. The zero-order valence-electron chi connectivity index (χ0n) is 12.7. The van der Waals surface area contributed by atoms with Crippen LogP contribution in [0.4, 0.5) is 0 Å². The summed E-state index contributed by atoms with van der Waals surface area (Å²) in [5.74, 6) is 0. The van der Waals surface area contributed by atoms with Crippen molar-refractivity contribution < 1.29 is 18.9 Å². The van der Waals surface area contributed by atoms with E-state index in [2.05, 4.69) is 4.98 Å². The minimum absolute atomic E-state index is 0.237. The number of rotatable bonds is 5. The number of hydrogen-bond donors (Lipinski definition) is 0. The van der Waals surface area contributed by atoms with E-state index in [1.165, 1.54) is 0 Å². The molecule has 0 N–H and O–H groups in total. The van der Waals surface area contributed by atoms with E-state index in [1.807, 2.05) is 42.6 Å². The summed E-state index contributed by atoms with van der Waals surface area (Å²) in [6, 6.07) is 12.0. The van der Waals surface area contributed by atoms with Crippen molar-refractivity contribution in [1.82, 2.24) is 4.98 Å². The summed E-state index contributed by atoms with van der Waals surface area (Å²) < 4.78 is 21.4. The third-order valence-corrected chi connectivity index (χ3v) is 3.59. The molecule has 1 aliphatic rings. The zero-order valence-corrected chi connectivity index (χ0v) is 12.7. The molecular weight excluding hydrogens is 282 g/mol. The second-order valence-electron chi connectivity index (χ2n) is 4.97. The number of nitrogens with zero attached hydrogens (tertiary/aromatic N) is 1. The topological polar surface area (TPSA) is 49.8 Å². The van der Waals surface area contributed by atoms with Gasteiger partial charge in [0.1, 0.15) is 0 Å². The molecule has 0 unspecified atom stereocenters. The van der Waals surface area contributed by atoms with Crippen LogP contribution in [0.2, 0.25) is 0 Å². The van der Waals surface area contributed by atoms with Crippen molar-refractivity contribution in [3.8, 4) is 11.1 Å². The number of benzene rings is 1. The Balaban J connectivity index is 1.76. The second kappa shape index (κ2) is 6.98. The van der Waals surface area contributed by atoms with E-state index in [9.17, 15) is 0 Å². The van der Waals surface area contributed by atoms with Crippen molar-refractivity contribution in [3.63, 3.8) is 0 Å². The predicted octanol–water partition coefficient (Wildman–Crippen LogP) is 3.09. The average Bonchev–Trinajstić information content (AvgIpc) is 3.11. The van der Waals surface area contributed by atoms with E-state index in [1.54, 1.807) is 14.2 Å². The van der Waals surface area contributed by atoms with Crippen LogP contribution in [0, 0.1) is 0 Å². The Labute approximate surface area is 129 Å². The third kappa shape index (κ3) is 3.18. The predicted molar refractivity (Wildman–Crippen MR) is 81.1 cm³/mol. The zero-order chi connectivity index (χ0) is 15.4. The lowest BCUT2D eigenvalue weighted by molar-refractivity contribution is -0.108. The first-order chi connectivity index (χ1) is 10.8. The van der Waals surface area contributed by atoms with E-state index in [0.717, 1.165) is 22.4 Å². The Kier molecular flexibility index (Phi) is 4.80. The molecule has 1 aliphatic heterocycles. The minimum atomic E-state index is -0.437. The van der Waals surface area contributed by atoms with Crippen LogP contribution in [0.5, 0.6) is 0 Å². The molecule has 0 spiro atoms. The van der Waals surface area contributed by atoms with Crippen LogP contribution in [-0.2, 0) is 18.9 Å². The lowest BCUT2D eigenvalue weighted by atomic mass is 10.1. The van der Waals surface area contributed by atoms with Gasteiger partial charge in [-0.3, -0.25) is 4.98 Å². The molecule has 0 bridgehead atoms. The van der Waals surface area contributed by atoms with E-state index < -0.39 is 6.29 Å². The standard InChI is InChI=1S/C17H19NO4/c1-19-17(20-2)15-8-7-14(11-18-15)12-3-5-13(6-4-12)16-21-9-10-22-16/h3-8,11,16-17H,9-10H2,1-2H3. The minimum Gasteiger partial charge on any atom is -0.350 e. The summed E-state index contributed by atoms with van der Waals surface area (Å²) in [6.07, 6.45) is 1.14. The molecule has 1 aromatic heterocycles. The van der Waals surface area contributed by atoms with Gasteiger partial charge >= 0.3 is 0 Å². The van der Waals surface area contributed by atoms with Gasteiger partial charge in [-0.15, -0.1) is 0 Å². The van der Waals surface area contributed by atoms with Crippen LogP contribution in [0.25, 0.3) is 11.1 Å². The lowest BCUT2D eigenvalue weighted by Gasteiger charge is -2.13. The highest BCUT2D eigenvalue weighted by molar-refractivity contribution is 5.62. The Bertz CT molecular complexity index is 544. The molecule has 1 saturated heterocycles. The molecule has 1 fully saturated rings. The first-order valence-corrected chi connectivity index (χ1v) is 7.17. The molecule has 0 radical (unpaired) electrons. The molecule has 116 valence electrons. The maximum Gasteiger partial charge on any atom is 0.200 e. The molecule has 2 heterocycles. The summed E-state index contributed by atoms with van der Waals surface area (Å²) >= 11 is 0. The highest BCUT2D eigenvalue weighted by Crippen LogP contribution is 2.27. The van der Waals surface area contributed by atoms with Crippen LogP contribution in [0.15, 0.2) is 42.6 Å². The van der Waals surface area contributed by atoms with Crippen molar-refractivity contribution in [2.75, 3.05) is 27.4 Å². The first kappa shape index (κ1) is 15.1. The molecule has 1 aromatic carbocycles. The summed E-state index contributed by atoms with van der Waals surface area (Å²) in [4.78, 5) is 4.40. The fourth-order valence-electron chi connectivity index (χ4n) is 2.44. The van der Waals surface area contributed by atoms with E-state index >= 15 is 0 Å². The number of pyridine rings is 1. The van der Waals surface area contributed by atoms with Gasteiger partial charge in [0.15, 0.2) is 6.29 Å². The lowest BCUT2D eigenvalue weighted by Crippen LogP contribution is -2.05. The second-order valence-corrected chi connectivity index (χ2v) is 4.97. The number of hydrogen-bond acceptors (Lipinski definition) is 5. The Morgan fingerprint density at radius 3 is 2.14 bits per heavy atom. The molecule has 22 heavy (non-hydrogen) atoms. The molecule has 0 amide bonds. The Morgan fingerprint density at radius 1 is 0.955 bits per heavy atom. The fraction of sp³-hybridized carbons (Fsp3) is 0.353. The van der Waals surface area contributed by atoms with Crippen molar-refractivity contribution in [1.29, 1.82) is 0 Å². The van der Waals surface area contributed by atoms with Gasteiger partial charge in [-0.25, -0.2) is 0 Å². The molecule has 5 nitrogen and oxygen atoms in total. The van der Waals surface area contributed by atoms with Gasteiger partial charge < -0.3 is 18.9 Å². The van der Waals surface area contributed by atoms with E-state index in [4.69, 9.17) is 18.9 Å². The van der Waals surface area contributed by atoms with Gasteiger partial charge in [0.2, 0.25) is 6.29 Å². The van der Waals surface area contributed by atoms with Gasteiger partial charge in [0.25, 0.3) is 0 Å². The molecule has 2 aromatic rings. The van der Waals surface area contributed by atoms with Crippen LogP contribution in [0.3, 0.4) is 0 Å². The van der Waals surface area contributed by atoms with Crippen LogP contribution in [-0.4, -0.2) is 32.4 Å². The Morgan fingerprint density at radius 2 is 1.59 bits per heavy atom. The number of methoxy groups -OCH3 is 2. The normalized spacial score (nSPS) is 15.6. The maximum atomic E-state index is 5.49. The van der Waals surface area contributed by atoms with E-state index in [0.29, 0.717) is 13.2 Å². The number of aromatic nitrogens is 1. The summed E-state index contributed by atoms with van der Waals surface area (Å²) in [6.45, 7) is 1.30. The number of ether oxygens (including phenoxy) is 4. The van der Waals surface area contributed by atoms with Gasteiger partial charge in [-0.05, 0) is 11.6 Å². The fourth-order valence-corrected chi connectivity index (χ4v) is 2.44. The van der Waals surface area contributed by atoms with Crippen molar-refractivity contribution in [3.05, 3.63) is 53.9 Å². The summed E-state index contributed by atoms with van der Waals surface area (Å²) in [5.41, 5.74) is 3.91. The maximum absolute atomic E-state index is 5.49. The monoisotopic (exact) mass is 301 g/mol. The molecular formula is C17H19NO4. The molecule has 3 rings (SSSR count). The largest absolute Gasteiger partial charge is 0.350 e. The Hall–Kier alpha value is -1.79. The van der Waals surface area contributed by atoms with Gasteiger partial charge in [-0.2, -0.15) is 0 Å². The van der Waals surface area contributed by atoms with Crippen LogP contribution in [0.1, 0.15) is 23.8 Å². The highest BCUT2D eigenvalue weighted by Gasteiger charge is 2.18. The van der Waals surface area contributed by atoms with E-state index in [-0.39, 0.29) is 6.29 Å². The van der Waals surface area contributed by atoms with Crippen LogP contribution >= 0.6 is 0 Å². The molecule has 0 atom stereocenters. The van der Waals surface area contributed by atoms with Gasteiger partial charge in [-0.1, -0.05) is 30.3 Å². The summed E-state index contributed by atoms with van der Waals surface area (Å²) in [7, 11) is 3.19. The van der Waals surface area contributed by atoms with Gasteiger partial charge in [0.05, 0.1) is 18.9 Å². The molecule has 0 saturated carbocycles. The average molecular weight is 301 g/mol. The highest BCUT2D eigenvalue weighted by atomic mass is 16.7. The van der Waals surface area contributed by atoms with Crippen LogP contribution < -0.4 is 0 Å². The first-order valence-electron chi connectivity index (χ1n) is 7.17. The van der Waals surface area contributed by atoms with Crippen molar-refractivity contribution in [2.24, 2.45) is 0 Å². The van der Waals surface area contributed by atoms with Crippen molar-refractivity contribution in [2.45, 2.75) is 12.6 Å². The molecule has 0 aliphatic carbocycles. The van der Waals surface area contributed by atoms with Gasteiger partial charge in [0, 0.05) is 31.5 Å². The quantitative estimate of drug-likeness (QED) is 0.794.